The monoisotopic (exact) mass is 542 g/mol. The minimum absolute atomic E-state index is 0.370. The van der Waals surface area contributed by atoms with Crippen molar-refractivity contribution in [3.05, 3.63) is 114 Å². The van der Waals surface area contributed by atoms with E-state index in [9.17, 15) is 9.59 Å². The number of methoxy groups -OCH3 is 1. The first-order valence-electron chi connectivity index (χ1n) is 14.2. The van der Waals surface area contributed by atoms with Crippen LogP contribution >= 0.6 is 0 Å². The van der Waals surface area contributed by atoms with Gasteiger partial charge in [0.15, 0.2) is 0 Å². The molecule has 40 heavy (non-hydrogen) atoms. The van der Waals surface area contributed by atoms with Gasteiger partial charge < -0.3 is 9.47 Å². The molecule has 0 unspecified atom stereocenters. The van der Waals surface area contributed by atoms with Crippen molar-refractivity contribution in [2.24, 2.45) is 0 Å². The molecule has 0 aliphatic heterocycles. The summed E-state index contributed by atoms with van der Waals surface area (Å²) in [6.45, 7) is 18.1. The number of ether oxygens (including phenoxy) is 2. The summed E-state index contributed by atoms with van der Waals surface area (Å²) in [5.41, 5.74) is 6.23. The number of hydrogen-bond acceptors (Lipinski definition) is 4. The highest BCUT2D eigenvalue weighted by atomic mass is 16.5. The van der Waals surface area contributed by atoms with E-state index in [1.165, 1.54) is 12.7 Å². The zero-order chi connectivity index (χ0) is 30.5. The van der Waals surface area contributed by atoms with Gasteiger partial charge in [-0.2, -0.15) is 0 Å². The van der Waals surface area contributed by atoms with Crippen LogP contribution in [0.4, 0.5) is 0 Å². The number of hydrogen-bond donors (Lipinski definition) is 0. The molecular formula is C36H46O4. The lowest BCUT2D eigenvalue weighted by Crippen LogP contribution is -2.08. The van der Waals surface area contributed by atoms with Gasteiger partial charge in [-0.15, -0.1) is 0 Å². The van der Waals surface area contributed by atoms with E-state index >= 15 is 0 Å². The molecule has 4 heteroatoms. The van der Waals surface area contributed by atoms with Gasteiger partial charge >= 0.3 is 11.9 Å². The Morgan fingerprint density at radius 3 is 1.10 bits per heavy atom. The standard InChI is InChI=1S/C28H22O4.4C2H6/c1-19-3-5-20(6-4-19)21-9-13-25(14-10-21)28(30)32-26-17-15-23(16-18-26)22-7-11-24(12-8-22)27(29)31-2;4*1-2/h3-18H,1-2H3;4*1-2H3. The Labute approximate surface area is 242 Å². The summed E-state index contributed by atoms with van der Waals surface area (Å²) in [5.74, 6) is -0.311. The molecule has 4 aromatic carbocycles. The van der Waals surface area contributed by atoms with Crippen molar-refractivity contribution in [1.82, 2.24) is 0 Å². The molecule has 0 amide bonds. The zero-order valence-electron chi connectivity index (χ0n) is 25.9. The second-order valence-corrected chi connectivity index (χ2v) is 7.43. The summed E-state index contributed by atoms with van der Waals surface area (Å²) in [6, 6.07) is 30.0. The van der Waals surface area contributed by atoms with Gasteiger partial charge in [0.25, 0.3) is 0 Å². The van der Waals surface area contributed by atoms with Crippen LogP contribution in [0.2, 0.25) is 0 Å². The molecule has 0 heterocycles. The summed E-state index contributed by atoms with van der Waals surface area (Å²) in [6.07, 6.45) is 0. The third kappa shape index (κ3) is 10.9. The van der Waals surface area contributed by atoms with E-state index in [4.69, 9.17) is 9.47 Å². The number of carbonyl (C=O) groups is 2. The van der Waals surface area contributed by atoms with Crippen LogP contribution in [-0.2, 0) is 4.74 Å². The van der Waals surface area contributed by atoms with Crippen LogP contribution in [-0.4, -0.2) is 19.0 Å². The summed E-state index contributed by atoms with van der Waals surface area (Å²) in [5, 5.41) is 0. The maximum atomic E-state index is 12.5. The van der Waals surface area contributed by atoms with E-state index in [0.717, 1.165) is 22.3 Å². The molecule has 0 aliphatic carbocycles. The van der Waals surface area contributed by atoms with Crippen molar-refractivity contribution in [3.63, 3.8) is 0 Å². The third-order valence-electron chi connectivity index (χ3n) is 5.21. The summed E-state index contributed by atoms with van der Waals surface area (Å²) in [4.78, 5) is 24.1. The van der Waals surface area contributed by atoms with Crippen molar-refractivity contribution in [1.29, 1.82) is 0 Å². The average Bonchev–Trinajstić information content (AvgIpc) is 3.05. The van der Waals surface area contributed by atoms with E-state index in [0.29, 0.717) is 16.9 Å². The predicted molar refractivity (Wildman–Crippen MR) is 170 cm³/mol. The Balaban J connectivity index is 0.00000175. The van der Waals surface area contributed by atoms with Gasteiger partial charge in [-0.1, -0.05) is 122 Å². The molecular weight excluding hydrogens is 496 g/mol. The summed E-state index contributed by atoms with van der Waals surface area (Å²) in [7, 11) is 1.36. The number of aryl methyl sites for hydroxylation is 1. The second kappa shape index (κ2) is 20.7. The Bertz CT molecular complexity index is 1220. The van der Waals surface area contributed by atoms with Crippen LogP contribution in [0, 0.1) is 6.92 Å². The number of rotatable bonds is 5. The lowest BCUT2D eigenvalue weighted by molar-refractivity contribution is 0.0600. The van der Waals surface area contributed by atoms with Gasteiger partial charge in [0.2, 0.25) is 0 Å². The number of carbonyl (C=O) groups excluding carboxylic acids is 2. The molecule has 4 rings (SSSR count). The van der Waals surface area contributed by atoms with Crippen LogP contribution in [0.5, 0.6) is 5.75 Å². The minimum atomic E-state index is -0.407. The Kier molecular flexibility index (Phi) is 18.6. The van der Waals surface area contributed by atoms with E-state index in [1.807, 2.05) is 91.8 Å². The normalized spacial score (nSPS) is 8.95. The maximum absolute atomic E-state index is 12.5. The summed E-state index contributed by atoms with van der Waals surface area (Å²) >= 11 is 0. The minimum Gasteiger partial charge on any atom is -0.465 e. The lowest BCUT2D eigenvalue weighted by Gasteiger charge is -2.08. The van der Waals surface area contributed by atoms with Crippen LogP contribution < -0.4 is 4.74 Å². The molecule has 0 aliphatic rings. The fourth-order valence-corrected chi connectivity index (χ4v) is 3.34. The van der Waals surface area contributed by atoms with E-state index in [2.05, 4.69) is 31.2 Å². The number of esters is 2. The van der Waals surface area contributed by atoms with Gasteiger partial charge in [-0.05, 0) is 65.6 Å². The molecule has 0 fully saturated rings. The molecule has 0 N–H and O–H groups in total. The highest BCUT2D eigenvalue weighted by molar-refractivity contribution is 5.92. The van der Waals surface area contributed by atoms with Gasteiger partial charge in [-0.3, -0.25) is 0 Å². The smallest absolute Gasteiger partial charge is 0.343 e. The van der Waals surface area contributed by atoms with Gasteiger partial charge in [0.05, 0.1) is 18.2 Å². The van der Waals surface area contributed by atoms with Crippen LogP contribution in [0.1, 0.15) is 81.7 Å². The van der Waals surface area contributed by atoms with Gasteiger partial charge in [0, 0.05) is 0 Å². The molecule has 4 aromatic rings. The zero-order valence-corrected chi connectivity index (χ0v) is 25.9. The molecule has 0 saturated heterocycles. The molecule has 4 nitrogen and oxygen atoms in total. The van der Waals surface area contributed by atoms with Crippen molar-refractivity contribution < 1.29 is 19.1 Å². The molecule has 0 bridgehead atoms. The Morgan fingerprint density at radius 1 is 0.450 bits per heavy atom. The molecule has 0 saturated carbocycles. The molecule has 0 atom stereocenters. The van der Waals surface area contributed by atoms with Crippen LogP contribution in [0.15, 0.2) is 97.1 Å². The van der Waals surface area contributed by atoms with Crippen molar-refractivity contribution in [3.8, 4) is 28.0 Å². The van der Waals surface area contributed by atoms with Crippen LogP contribution in [0.3, 0.4) is 0 Å². The molecule has 0 aromatic heterocycles. The van der Waals surface area contributed by atoms with Crippen LogP contribution in [0.25, 0.3) is 22.3 Å². The predicted octanol–water partition coefficient (Wildman–Crippen LogP) is 10.4. The van der Waals surface area contributed by atoms with Gasteiger partial charge in [0.1, 0.15) is 5.75 Å². The molecule has 0 radical (unpaired) electrons. The number of benzene rings is 4. The quantitative estimate of drug-likeness (QED) is 0.186. The third-order valence-corrected chi connectivity index (χ3v) is 5.21. The van der Waals surface area contributed by atoms with Crippen molar-refractivity contribution in [2.75, 3.05) is 7.11 Å². The van der Waals surface area contributed by atoms with Crippen molar-refractivity contribution in [2.45, 2.75) is 62.3 Å². The largest absolute Gasteiger partial charge is 0.465 e. The highest BCUT2D eigenvalue weighted by Gasteiger charge is 2.10. The van der Waals surface area contributed by atoms with E-state index < -0.39 is 5.97 Å². The first-order valence-corrected chi connectivity index (χ1v) is 14.2. The highest BCUT2D eigenvalue weighted by Crippen LogP contribution is 2.24. The average molecular weight is 543 g/mol. The Hall–Kier alpha value is -4.18. The van der Waals surface area contributed by atoms with Crippen molar-refractivity contribution >= 4 is 11.9 Å². The SMILES string of the molecule is CC.CC.CC.CC.COC(=O)c1ccc(-c2ccc(OC(=O)c3ccc(-c4ccc(C)cc4)cc3)cc2)cc1. The topological polar surface area (TPSA) is 52.6 Å². The lowest BCUT2D eigenvalue weighted by atomic mass is 10.0. The first kappa shape index (κ1) is 35.8. The maximum Gasteiger partial charge on any atom is 0.343 e. The Morgan fingerprint density at radius 2 is 0.750 bits per heavy atom. The molecule has 214 valence electrons. The molecule has 0 spiro atoms. The first-order chi connectivity index (χ1) is 19.5. The van der Waals surface area contributed by atoms with E-state index in [1.54, 1.807) is 36.4 Å². The fourth-order valence-electron chi connectivity index (χ4n) is 3.34. The second-order valence-electron chi connectivity index (χ2n) is 7.43. The van der Waals surface area contributed by atoms with E-state index in [-0.39, 0.29) is 5.97 Å². The fraction of sp³-hybridized carbons (Fsp3) is 0.278. The van der Waals surface area contributed by atoms with Gasteiger partial charge in [-0.25, -0.2) is 9.59 Å². The summed E-state index contributed by atoms with van der Waals surface area (Å²) < 4.78 is 10.2.